The van der Waals surface area contributed by atoms with E-state index < -0.39 is 0 Å². The molecule has 0 unspecified atom stereocenters. The lowest BCUT2D eigenvalue weighted by atomic mass is 10.1. The molecule has 1 N–H and O–H groups in total. The van der Waals surface area contributed by atoms with Crippen molar-refractivity contribution in [2.24, 2.45) is 0 Å². The summed E-state index contributed by atoms with van der Waals surface area (Å²) in [7, 11) is 1.67. The number of anilines is 3. The molecule has 3 aromatic rings. The Morgan fingerprint density at radius 1 is 0.939 bits per heavy atom. The van der Waals surface area contributed by atoms with Crippen LogP contribution in [-0.2, 0) is 4.79 Å². The molecule has 2 aliphatic heterocycles. The van der Waals surface area contributed by atoms with E-state index in [2.05, 4.69) is 5.32 Å². The van der Waals surface area contributed by atoms with Crippen LogP contribution < -0.4 is 19.9 Å². The number of ether oxygens (including phenoxy) is 1. The van der Waals surface area contributed by atoms with E-state index in [9.17, 15) is 19.2 Å². The topological polar surface area (TPSA) is 96.0 Å². The third kappa shape index (κ3) is 3.32. The maximum atomic E-state index is 12.9. The van der Waals surface area contributed by atoms with Crippen LogP contribution in [-0.4, -0.2) is 37.3 Å². The second-order valence-electron chi connectivity index (χ2n) is 7.87. The van der Waals surface area contributed by atoms with Gasteiger partial charge in [0.05, 0.1) is 22.5 Å². The quantitative estimate of drug-likeness (QED) is 0.629. The van der Waals surface area contributed by atoms with Crippen LogP contribution in [0.3, 0.4) is 0 Å². The van der Waals surface area contributed by atoms with Gasteiger partial charge in [-0.05, 0) is 55.0 Å². The summed E-state index contributed by atoms with van der Waals surface area (Å²) in [5.41, 5.74) is 3.30. The summed E-state index contributed by atoms with van der Waals surface area (Å²) in [5, 5.41) is 2.83. The maximum absolute atomic E-state index is 12.9. The van der Waals surface area contributed by atoms with Gasteiger partial charge in [-0.1, -0.05) is 12.1 Å². The minimum atomic E-state index is -0.385. The van der Waals surface area contributed by atoms with Gasteiger partial charge in [-0.15, -0.1) is 0 Å². The van der Waals surface area contributed by atoms with E-state index in [1.807, 2.05) is 0 Å². The number of imide groups is 1. The Kier molecular flexibility index (Phi) is 4.70. The molecule has 2 heterocycles. The molecule has 0 saturated heterocycles. The molecule has 0 atom stereocenters. The van der Waals surface area contributed by atoms with Gasteiger partial charge in [0.2, 0.25) is 0 Å². The molecule has 0 fully saturated rings. The fourth-order valence-corrected chi connectivity index (χ4v) is 4.02. The molecule has 0 saturated carbocycles. The van der Waals surface area contributed by atoms with Crippen molar-refractivity contribution < 1.29 is 23.9 Å². The number of carbonyl (C=O) groups is 4. The largest absolute Gasteiger partial charge is 0.481 e. The Hall–Kier alpha value is -4.46. The van der Waals surface area contributed by atoms with Crippen LogP contribution in [0.15, 0.2) is 60.7 Å². The van der Waals surface area contributed by atoms with Gasteiger partial charge in [-0.2, -0.15) is 0 Å². The zero-order chi connectivity index (χ0) is 23.3. The highest BCUT2D eigenvalue weighted by Gasteiger charge is 2.36. The van der Waals surface area contributed by atoms with Crippen LogP contribution in [0, 0.1) is 6.92 Å². The number of nitrogens with zero attached hydrogens (tertiary/aromatic N) is 2. The Bertz CT molecular complexity index is 1330. The van der Waals surface area contributed by atoms with Crippen molar-refractivity contribution in [1.29, 1.82) is 0 Å². The molecular formula is C25H19N3O5. The number of rotatable bonds is 3. The average molecular weight is 441 g/mol. The van der Waals surface area contributed by atoms with Crippen molar-refractivity contribution in [2.45, 2.75) is 6.92 Å². The monoisotopic (exact) mass is 441 g/mol. The number of amides is 4. The van der Waals surface area contributed by atoms with Crippen molar-refractivity contribution in [1.82, 2.24) is 0 Å². The van der Waals surface area contributed by atoms with Crippen LogP contribution in [0.25, 0.3) is 0 Å². The van der Waals surface area contributed by atoms with Gasteiger partial charge < -0.3 is 15.0 Å². The molecule has 0 bridgehead atoms. The zero-order valence-electron chi connectivity index (χ0n) is 17.9. The summed E-state index contributed by atoms with van der Waals surface area (Å²) in [6.45, 7) is 1.69. The molecule has 5 rings (SSSR count). The summed E-state index contributed by atoms with van der Waals surface area (Å²) in [6.07, 6.45) is 0. The number of likely N-dealkylation sites (N-methyl/N-ethyl adjacent to an activating group) is 1. The first-order valence-corrected chi connectivity index (χ1v) is 10.3. The van der Waals surface area contributed by atoms with E-state index in [1.165, 1.54) is 4.90 Å². The summed E-state index contributed by atoms with van der Waals surface area (Å²) in [5.74, 6) is -0.753. The molecule has 0 spiro atoms. The van der Waals surface area contributed by atoms with E-state index in [-0.39, 0.29) is 30.2 Å². The predicted octanol–water partition coefficient (Wildman–Crippen LogP) is 3.40. The molecule has 8 heteroatoms. The lowest BCUT2D eigenvalue weighted by molar-refractivity contribution is -0.120. The first-order valence-electron chi connectivity index (χ1n) is 10.3. The number of aryl methyl sites for hydroxylation is 1. The molecule has 164 valence electrons. The van der Waals surface area contributed by atoms with Gasteiger partial charge in [0.15, 0.2) is 6.61 Å². The Morgan fingerprint density at radius 3 is 2.30 bits per heavy atom. The Labute approximate surface area is 189 Å². The lowest BCUT2D eigenvalue weighted by Crippen LogP contribution is -2.35. The fraction of sp³-hybridized carbons (Fsp3) is 0.120. The van der Waals surface area contributed by atoms with Crippen LogP contribution in [0.5, 0.6) is 5.75 Å². The van der Waals surface area contributed by atoms with Gasteiger partial charge in [0, 0.05) is 24.4 Å². The SMILES string of the molecule is Cc1cc(N2C(=O)c3ccccc3C2=O)ccc1C(=O)Nc1ccc2c(c1)OCC(=O)N2C. The second kappa shape index (κ2) is 7.59. The van der Waals surface area contributed by atoms with Crippen LogP contribution in [0.1, 0.15) is 36.6 Å². The summed E-state index contributed by atoms with van der Waals surface area (Å²) in [4.78, 5) is 52.7. The van der Waals surface area contributed by atoms with E-state index in [0.717, 1.165) is 4.90 Å². The Balaban J connectivity index is 1.37. The van der Waals surface area contributed by atoms with Gasteiger partial charge >= 0.3 is 0 Å². The minimum Gasteiger partial charge on any atom is -0.481 e. The normalized spacial score (nSPS) is 14.7. The standard InChI is InChI=1S/C25H19N3O5/c1-14-11-16(28-24(31)18-5-3-4-6-19(18)25(28)32)8-9-17(14)23(30)26-15-7-10-20-21(12-15)33-13-22(29)27(20)2/h3-12H,13H2,1-2H3,(H,26,30). The molecular weight excluding hydrogens is 422 g/mol. The lowest BCUT2D eigenvalue weighted by Gasteiger charge is -2.26. The summed E-state index contributed by atoms with van der Waals surface area (Å²) >= 11 is 0. The van der Waals surface area contributed by atoms with E-state index in [1.54, 1.807) is 74.6 Å². The smallest absolute Gasteiger partial charge is 0.266 e. The molecule has 0 radical (unpaired) electrons. The number of nitrogens with one attached hydrogen (secondary N) is 1. The van der Waals surface area contributed by atoms with Crippen molar-refractivity contribution in [2.75, 3.05) is 28.8 Å². The summed E-state index contributed by atoms with van der Waals surface area (Å²) < 4.78 is 5.47. The maximum Gasteiger partial charge on any atom is 0.266 e. The predicted molar refractivity (Wildman–Crippen MR) is 122 cm³/mol. The summed E-state index contributed by atoms with van der Waals surface area (Å²) in [6, 6.07) is 16.6. The minimum absolute atomic E-state index is 0.0563. The van der Waals surface area contributed by atoms with Crippen molar-refractivity contribution >= 4 is 40.7 Å². The van der Waals surface area contributed by atoms with E-state index in [0.29, 0.717) is 45.1 Å². The van der Waals surface area contributed by atoms with Crippen molar-refractivity contribution in [3.8, 4) is 5.75 Å². The fourth-order valence-electron chi connectivity index (χ4n) is 4.02. The number of carbonyl (C=O) groups excluding carboxylic acids is 4. The third-order valence-corrected chi connectivity index (χ3v) is 5.81. The average Bonchev–Trinajstić information content (AvgIpc) is 3.06. The second-order valence-corrected chi connectivity index (χ2v) is 7.87. The highest BCUT2D eigenvalue weighted by atomic mass is 16.5. The molecule has 4 amide bonds. The highest BCUT2D eigenvalue weighted by molar-refractivity contribution is 6.34. The van der Waals surface area contributed by atoms with Crippen molar-refractivity contribution in [3.63, 3.8) is 0 Å². The third-order valence-electron chi connectivity index (χ3n) is 5.81. The van der Waals surface area contributed by atoms with Gasteiger partial charge in [0.1, 0.15) is 5.75 Å². The molecule has 33 heavy (non-hydrogen) atoms. The Morgan fingerprint density at radius 2 is 1.64 bits per heavy atom. The van der Waals surface area contributed by atoms with Crippen molar-refractivity contribution in [3.05, 3.63) is 82.9 Å². The number of hydrogen-bond donors (Lipinski definition) is 1. The van der Waals surface area contributed by atoms with Gasteiger partial charge in [-0.3, -0.25) is 19.2 Å². The van der Waals surface area contributed by atoms with Gasteiger partial charge in [0.25, 0.3) is 23.6 Å². The van der Waals surface area contributed by atoms with Gasteiger partial charge in [-0.25, -0.2) is 4.90 Å². The molecule has 2 aliphatic rings. The number of fused-ring (bicyclic) bond motifs is 2. The number of hydrogen-bond acceptors (Lipinski definition) is 5. The van der Waals surface area contributed by atoms with E-state index in [4.69, 9.17) is 4.74 Å². The first kappa shape index (κ1) is 20.4. The van der Waals surface area contributed by atoms with Crippen LogP contribution in [0.4, 0.5) is 17.1 Å². The number of benzene rings is 3. The van der Waals surface area contributed by atoms with E-state index >= 15 is 0 Å². The molecule has 8 nitrogen and oxygen atoms in total. The zero-order valence-corrected chi connectivity index (χ0v) is 17.9. The molecule has 0 aliphatic carbocycles. The van der Waals surface area contributed by atoms with Crippen LogP contribution in [0.2, 0.25) is 0 Å². The first-order chi connectivity index (χ1) is 15.8. The highest BCUT2D eigenvalue weighted by Crippen LogP contribution is 2.34. The van der Waals surface area contributed by atoms with Crippen LogP contribution >= 0.6 is 0 Å². The molecule has 3 aromatic carbocycles. The molecule has 0 aromatic heterocycles.